The average Bonchev–Trinajstić information content (AvgIpc) is 2.84. The molecule has 0 atom stereocenters. The summed E-state index contributed by atoms with van der Waals surface area (Å²) in [5.41, 5.74) is 1.25. The summed E-state index contributed by atoms with van der Waals surface area (Å²) in [6.07, 6.45) is 4.98. The lowest BCUT2D eigenvalue weighted by atomic mass is 10.2. The second-order valence-corrected chi connectivity index (χ2v) is 3.85. The minimum atomic E-state index is 0.305. The Labute approximate surface area is 107 Å². The summed E-state index contributed by atoms with van der Waals surface area (Å²) in [4.78, 5) is 8.08. The molecule has 0 bridgehead atoms. The number of methoxy groups -OCH3 is 1. The summed E-state index contributed by atoms with van der Waals surface area (Å²) in [7, 11) is 1.56. The van der Waals surface area contributed by atoms with E-state index in [4.69, 9.17) is 16.3 Å². The zero-order valence-corrected chi connectivity index (χ0v) is 10.2. The molecule has 0 saturated carbocycles. The van der Waals surface area contributed by atoms with E-state index in [2.05, 4.69) is 20.2 Å². The van der Waals surface area contributed by atoms with E-state index >= 15 is 0 Å². The van der Waals surface area contributed by atoms with Crippen LogP contribution < -0.4 is 4.74 Å². The van der Waals surface area contributed by atoms with Crippen LogP contribution >= 0.6 is 11.6 Å². The fourth-order valence-electron chi connectivity index (χ4n) is 1.70. The number of nitrogens with zero attached hydrogens (tertiary/aromatic N) is 5. The Hall–Kier alpha value is -2.21. The van der Waals surface area contributed by atoms with Crippen LogP contribution in [0.5, 0.6) is 5.88 Å². The van der Waals surface area contributed by atoms with Gasteiger partial charge in [-0.25, -0.2) is 9.97 Å². The van der Waals surface area contributed by atoms with Crippen molar-refractivity contribution in [2.24, 2.45) is 0 Å². The van der Waals surface area contributed by atoms with E-state index in [1.165, 1.54) is 0 Å². The summed E-state index contributed by atoms with van der Waals surface area (Å²) in [6.45, 7) is 0. The largest absolute Gasteiger partial charge is 0.480 e. The minimum absolute atomic E-state index is 0.305. The third-order valence-corrected chi connectivity index (χ3v) is 2.76. The van der Waals surface area contributed by atoms with Gasteiger partial charge in [-0.2, -0.15) is 0 Å². The summed E-state index contributed by atoms with van der Waals surface area (Å²) in [5, 5.41) is 8.41. The number of pyridine rings is 1. The van der Waals surface area contributed by atoms with E-state index in [-0.39, 0.29) is 0 Å². The molecule has 0 aliphatic carbocycles. The van der Waals surface area contributed by atoms with Gasteiger partial charge in [0.2, 0.25) is 5.88 Å². The Bertz CT molecular complexity index is 711. The van der Waals surface area contributed by atoms with Gasteiger partial charge in [-0.1, -0.05) is 11.6 Å². The second-order valence-electron chi connectivity index (χ2n) is 3.50. The maximum atomic E-state index is 5.95. The lowest BCUT2D eigenvalue weighted by Crippen LogP contribution is -1.95. The number of rotatable bonds is 2. The fraction of sp³-hybridized carbons (Fsp3) is 0.0909. The van der Waals surface area contributed by atoms with Crippen LogP contribution in [0.2, 0.25) is 5.15 Å². The summed E-state index contributed by atoms with van der Waals surface area (Å²) >= 11 is 5.95. The van der Waals surface area contributed by atoms with Gasteiger partial charge in [-0.3, -0.25) is 4.40 Å². The molecular formula is C11H8ClN5O. The molecule has 0 unspecified atom stereocenters. The maximum Gasteiger partial charge on any atom is 0.224 e. The molecule has 0 spiro atoms. The lowest BCUT2D eigenvalue weighted by Gasteiger charge is -2.04. The van der Waals surface area contributed by atoms with Gasteiger partial charge in [-0.15, -0.1) is 10.2 Å². The summed E-state index contributed by atoms with van der Waals surface area (Å²) in [5.74, 6) is 1.10. The normalized spacial score (nSPS) is 10.8. The van der Waals surface area contributed by atoms with Crippen molar-refractivity contribution in [2.75, 3.05) is 7.11 Å². The Morgan fingerprint density at radius 3 is 2.94 bits per heavy atom. The molecule has 0 fully saturated rings. The molecule has 0 aliphatic heterocycles. The maximum absolute atomic E-state index is 5.95. The van der Waals surface area contributed by atoms with E-state index in [0.29, 0.717) is 22.5 Å². The van der Waals surface area contributed by atoms with Crippen LogP contribution in [-0.2, 0) is 0 Å². The smallest absolute Gasteiger partial charge is 0.224 e. The van der Waals surface area contributed by atoms with Crippen molar-refractivity contribution in [2.45, 2.75) is 0 Å². The Balaban J connectivity index is 2.29. The summed E-state index contributed by atoms with van der Waals surface area (Å²) < 4.78 is 6.95. The molecule has 3 aromatic rings. The van der Waals surface area contributed by atoms with Gasteiger partial charge in [0, 0.05) is 18.6 Å². The molecule has 0 N–H and O–H groups in total. The molecule has 0 aromatic carbocycles. The van der Waals surface area contributed by atoms with Crippen LogP contribution in [0, 0.1) is 0 Å². The van der Waals surface area contributed by atoms with E-state index in [1.807, 2.05) is 12.1 Å². The Kier molecular flexibility index (Phi) is 2.56. The van der Waals surface area contributed by atoms with Crippen molar-refractivity contribution >= 4 is 17.2 Å². The topological polar surface area (TPSA) is 65.2 Å². The summed E-state index contributed by atoms with van der Waals surface area (Å²) in [6, 6.07) is 3.67. The quantitative estimate of drug-likeness (QED) is 0.704. The van der Waals surface area contributed by atoms with Gasteiger partial charge in [0.05, 0.1) is 12.7 Å². The molecule has 18 heavy (non-hydrogen) atoms. The number of ether oxygens (including phenoxy) is 1. The highest BCUT2D eigenvalue weighted by Gasteiger charge is 2.14. The standard InChI is InChI=1S/C11H8ClN5O/c1-18-11-7(3-2-4-14-11)9-15-16-10-8(12)13-5-6-17(9)10/h2-6H,1H3. The Morgan fingerprint density at radius 2 is 2.11 bits per heavy atom. The predicted octanol–water partition coefficient (Wildman–Crippen LogP) is 1.85. The highest BCUT2D eigenvalue weighted by atomic mass is 35.5. The second kappa shape index (κ2) is 4.23. The van der Waals surface area contributed by atoms with Crippen LogP contribution in [0.3, 0.4) is 0 Å². The molecule has 6 nitrogen and oxygen atoms in total. The van der Waals surface area contributed by atoms with Crippen LogP contribution in [0.25, 0.3) is 17.0 Å². The first kappa shape index (κ1) is 10.9. The fourth-order valence-corrected chi connectivity index (χ4v) is 1.89. The molecular weight excluding hydrogens is 254 g/mol. The number of halogens is 1. The van der Waals surface area contributed by atoms with Crippen molar-refractivity contribution in [1.29, 1.82) is 0 Å². The molecule has 3 heterocycles. The molecule has 0 amide bonds. The van der Waals surface area contributed by atoms with Crippen LogP contribution in [-0.4, -0.2) is 31.7 Å². The van der Waals surface area contributed by atoms with Crippen LogP contribution in [0.4, 0.5) is 0 Å². The first-order valence-corrected chi connectivity index (χ1v) is 5.53. The van der Waals surface area contributed by atoms with Gasteiger partial charge in [0.1, 0.15) is 0 Å². The molecule has 90 valence electrons. The van der Waals surface area contributed by atoms with Crippen molar-refractivity contribution in [3.05, 3.63) is 35.9 Å². The van der Waals surface area contributed by atoms with Crippen LogP contribution in [0.1, 0.15) is 0 Å². The van der Waals surface area contributed by atoms with Gasteiger partial charge in [0.15, 0.2) is 16.6 Å². The van der Waals surface area contributed by atoms with E-state index in [9.17, 15) is 0 Å². The molecule has 3 aromatic heterocycles. The monoisotopic (exact) mass is 261 g/mol. The SMILES string of the molecule is COc1ncccc1-c1nnc2c(Cl)nccn12. The van der Waals surface area contributed by atoms with E-state index in [0.717, 1.165) is 5.56 Å². The zero-order chi connectivity index (χ0) is 12.5. The molecule has 3 rings (SSSR count). The highest BCUT2D eigenvalue weighted by molar-refractivity contribution is 6.32. The van der Waals surface area contributed by atoms with Crippen molar-refractivity contribution in [3.8, 4) is 17.3 Å². The lowest BCUT2D eigenvalue weighted by molar-refractivity contribution is 0.399. The zero-order valence-electron chi connectivity index (χ0n) is 9.41. The van der Waals surface area contributed by atoms with Gasteiger partial charge >= 0.3 is 0 Å². The van der Waals surface area contributed by atoms with Crippen LogP contribution in [0.15, 0.2) is 30.7 Å². The third-order valence-electron chi connectivity index (χ3n) is 2.49. The number of fused-ring (bicyclic) bond motifs is 1. The molecule has 0 aliphatic rings. The Morgan fingerprint density at radius 1 is 1.22 bits per heavy atom. The minimum Gasteiger partial charge on any atom is -0.480 e. The van der Waals surface area contributed by atoms with Gasteiger partial charge in [0.25, 0.3) is 0 Å². The highest BCUT2D eigenvalue weighted by Crippen LogP contribution is 2.27. The number of hydrogen-bond donors (Lipinski definition) is 0. The predicted molar refractivity (Wildman–Crippen MR) is 65.6 cm³/mol. The van der Waals surface area contributed by atoms with E-state index in [1.54, 1.807) is 30.1 Å². The number of aromatic nitrogens is 5. The number of hydrogen-bond acceptors (Lipinski definition) is 5. The average molecular weight is 262 g/mol. The third kappa shape index (κ3) is 1.58. The first-order valence-electron chi connectivity index (χ1n) is 5.16. The van der Waals surface area contributed by atoms with Crippen molar-refractivity contribution in [3.63, 3.8) is 0 Å². The molecule has 7 heteroatoms. The first-order chi connectivity index (χ1) is 8.81. The van der Waals surface area contributed by atoms with Gasteiger partial charge in [-0.05, 0) is 12.1 Å². The molecule has 0 radical (unpaired) electrons. The van der Waals surface area contributed by atoms with Crippen molar-refractivity contribution < 1.29 is 4.74 Å². The molecule has 0 saturated heterocycles. The van der Waals surface area contributed by atoms with Gasteiger partial charge < -0.3 is 4.74 Å². The van der Waals surface area contributed by atoms with E-state index < -0.39 is 0 Å². The van der Waals surface area contributed by atoms with Crippen molar-refractivity contribution in [1.82, 2.24) is 24.6 Å².